The van der Waals surface area contributed by atoms with Crippen LogP contribution >= 0.6 is 0 Å². The summed E-state index contributed by atoms with van der Waals surface area (Å²) < 4.78 is 0. The lowest BCUT2D eigenvalue weighted by Gasteiger charge is -2.31. The summed E-state index contributed by atoms with van der Waals surface area (Å²) in [4.78, 5) is 31.3. The summed E-state index contributed by atoms with van der Waals surface area (Å²) >= 11 is 0. The number of carbonyl (C=O) groups excluding carboxylic acids is 2. The predicted molar refractivity (Wildman–Crippen MR) is 160 cm³/mol. The van der Waals surface area contributed by atoms with E-state index in [0.29, 0.717) is 22.4 Å². The van der Waals surface area contributed by atoms with Crippen LogP contribution in [0.15, 0.2) is 103 Å². The fourth-order valence-electron chi connectivity index (χ4n) is 5.10. The van der Waals surface area contributed by atoms with Gasteiger partial charge in [0.25, 0.3) is 5.91 Å². The highest BCUT2D eigenvalue weighted by Crippen LogP contribution is 2.25. The monoisotopic (exact) mass is 530 g/mol. The number of piperidine rings is 1. The first-order valence-corrected chi connectivity index (χ1v) is 13.5. The molecule has 1 amide bonds. The Morgan fingerprint density at radius 1 is 0.750 bits per heavy atom. The van der Waals surface area contributed by atoms with E-state index in [2.05, 4.69) is 32.7 Å². The van der Waals surface area contributed by atoms with Crippen molar-refractivity contribution in [3.8, 4) is 0 Å². The van der Waals surface area contributed by atoms with Gasteiger partial charge in [-0.2, -0.15) is 0 Å². The fraction of sp³-hybridized carbons (Fsp3) is 0.152. The second-order valence-electron chi connectivity index (χ2n) is 10.1. The number of H-pyrrole nitrogens is 1. The van der Waals surface area contributed by atoms with Crippen LogP contribution in [-0.4, -0.2) is 41.0 Å². The maximum Gasteiger partial charge on any atom is 0.257 e. The summed E-state index contributed by atoms with van der Waals surface area (Å²) in [5.41, 5.74) is 6.12. The van der Waals surface area contributed by atoms with Crippen LogP contribution in [-0.2, 0) is 0 Å². The molecular weight excluding hydrogens is 500 g/mol. The van der Waals surface area contributed by atoms with Gasteiger partial charge in [-0.15, -0.1) is 0 Å². The van der Waals surface area contributed by atoms with Gasteiger partial charge in [-0.25, -0.2) is 0 Å². The molecule has 0 radical (unpaired) electrons. The van der Waals surface area contributed by atoms with Gasteiger partial charge in [-0.1, -0.05) is 12.1 Å². The van der Waals surface area contributed by atoms with Gasteiger partial charge in [-0.05, 0) is 97.8 Å². The number of aliphatic hydroxyl groups excluding tert-OH is 1. The van der Waals surface area contributed by atoms with Crippen molar-refractivity contribution in [2.45, 2.75) is 18.9 Å². The Hall–Kier alpha value is -4.88. The molecule has 4 N–H and O–H groups in total. The second kappa shape index (κ2) is 11.1. The molecule has 0 aliphatic carbocycles. The number of carbonyl (C=O) groups is 2. The van der Waals surface area contributed by atoms with E-state index in [1.54, 1.807) is 30.3 Å². The quantitative estimate of drug-likeness (QED) is 0.184. The zero-order chi connectivity index (χ0) is 27.5. The van der Waals surface area contributed by atoms with E-state index in [0.717, 1.165) is 53.9 Å². The van der Waals surface area contributed by atoms with Crippen molar-refractivity contribution in [3.05, 3.63) is 120 Å². The van der Waals surface area contributed by atoms with Gasteiger partial charge in [0.05, 0.1) is 17.2 Å². The molecule has 1 fully saturated rings. The number of ketones is 1. The summed E-state index contributed by atoms with van der Waals surface area (Å²) in [6, 6.07) is 30.1. The average Bonchev–Trinajstić information content (AvgIpc) is 3.48. The molecule has 1 aliphatic rings. The molecular formula is C33H30N4O3. The van der Waals surface area contributed by atoms with E-state index in [1.165, 1.54) is 0 Å². The van der Waals surface area contributed by atoms with Gasteiger partial charge in [0.2, 0.25) is 0 Å². The molecule has 0 spiro atoms. The van der Waals surface area contributed by atoms with Gasteiger partial charge in [0.15, 0.2) is 5.78 Å². The molecule has 7 nitrogen and oxygen atoms in total. The van der Waals surface area contributed by atoms with Crippen molar-refractivity contribution < 1.29 is 14.7 Å². The number of aromatic amines is 1. The van der Waals surface area contributed by atoms with Gasteiger partial charge in [0, 0.05) is 58.5 Å². The highest BCUT2D eigenvalue weighted by atomic mass is 16.3. The Kier molecular flexibility index (Phi) is 7.04. The number of rotatable bonds is 7. The lowest BCUT2D eigenvalue weighted by molar-refractivity contribution is 0.102. The molecule has 2 heterocycles. The van der Waals surface area contributed by atoms with Crippen molar-refractivity contribution in [1.82, 2.24) is 4.98 Å². The van der Waals surface area contributed by atoms with Crippen LogP contribution in [0, 0.1) is 0 Å². The molecule has 4 aromatic carbocycles. The van der Waals surface area contributed by atoms with Crippen molar-refractivity contribution >= 4 is 45.3 Å². The Labute approximate surface area is 232 Å². The molecule has 0 atom stereocenters. The van der Waals surface area contributed by atoms with Gasteiger partial charge in [0.1, 0.15) is 0 Å². The number of hydrogen-bond donors (Lipinski definition) is 4. The highest BCUT2D eigenvalue weighted by Gasteiger charge is 2.17. The molecule has 40 heavy (non-hydrogen) atoms. The number of aromatic nitrogens is 1. The van der Waals surface area contributed by atoms with E-state index >= 15 is 0 Å². The van der Waals surface area contributed by atoms with E-state index in [9.17, 15) is 14.7 Å². The summed E-state index contributed by atoms with van der Waals surface area (Å²) in [6.45, 7) is 1.73. The van der Waals surface area contributed by atoms with Gasteiger partial charge < -0.3 is 25.6 Å². The lowest BCUT2D eigenvalue weighted by atomic mass is 10.0. The number of amides is 1. The Balaban J connectivity index is 1.06. The van der Waals surface area contributed by atoms with Crippen molar-refractivity contribution in [3.63, 3.8) is 0 Å². The van der Waals surface area contributed by atoms with Crippen LogP contribution in [0.2, 0.25) is 0 Å². The smallest absolute Gasteiger partial charge is 0.257 e. The molecule has 0 saturated carbocycles. The minimum Gasteiger partial charge on any atom is -0.393 e. The molecule has 6 rings (SSSR count). The van der Waals surface area contributed by atoms with Gasteiger partial charge >= 0.3 is 0 Å². The number of hydrogen-bond acceptors (Lipinski definition) is 5. The van der Waals surface area contributed by atoms with E-state index in [-0.39, 0.29) is 17.8 Å². The summed E-state index contributed by atoms with van der Waals surface area (Å²) in [5.74, 6) is -0.298. The van der Waals surface area contributed by atoms with Crippen LogP contribution in [0.1, 0.15) is 39.1 Å². The standard InChI is InChI=1S/C33H30N4O3/c38-29-17-20-37(21-18-29)28-14-12-26(13-15-28)35-25-8-4-23(5-9-25)32(39)24-6-10-27(11-7-24)36-33(40)30-3-1-2-22-16-19-34-31(22)30/h1-16,19,29,34-35,38H,17-18,20-21H2,(H,36,40). The molecule has 1 aliphatic heterocycles. The highest BCUT2D eigenvalue weighted by molar-refractivity contribution is 6.12. The van der Waals surface area contributed by atoms with Crippen molar-refractivity contribution in [2.75, 3.05) is 28.6 Å². The Bertz CT molecular complexity index is 1630. The maximum atomic E-state index is 13.1. The number of aliphatic hydroxyl groups is 1. The summed E-state index contributed by atoms with van der Waals surface area (Å²) in [7, 11) is 0. The minimum atomic E-state index is -0.212. The third-order valence-electron chi connectivity index (χ3n) is 7.37. The zero-order valence-corrected chi connectivity index (χ0v) is 21.9. The van der Waals surface area contributed by atoms with Crippen LogP contribution < -0.4 is 15.5 Å². The predicted octanol–water partition coefficient (Wildman–Crippen LogP) is 6.36. The third kappa shape index (κ3) is 5.46. The number of nitrogens with one attached hydrogen (secondary N) is 3. The Morgan fingerprint density at radius 2 is 1.35 bits per heavy atom. The Morgan fingerprint density at radius 3 is 2.00 bits per heavy atom. The summed E-state index contributed by atoms with van der Waals surface area (Å²) in [5, 5.41) is 17.0. The number of benzene rings is 4. The largest absolute Gasteiger partial charge is 0.393 e. The molecule has 7 heteroatoms. The first kappa shape index (κ1) is 25.4. The summed E-state index contributed by atoms with van der Waals surface area (Å²) in [6.07, 6.45) is 3.23. The number of anilines is 4. The van der Waals surface area contributed by atoms with E-state index in [4.69, 9.17) is 0 Å². The van der Waals surface area contributed by atoms with Gasteiger partial charge in [-0.3, -0.25) is 9.59 Å². The molecule has 1 saturated heterocycles. The first-order valence-electron chi connectivity index (χ1n) is 13.5. The fourth-order valence-corrected chi connectivity index (χ4v) is 5.10. The van der Waals surface area contributed by atoms with Crippen LogP contribution in [0.3, 0.4) is 0 Å². The lowest BCUT2D eigenvalue weighted by Crippen LogP contribution is -2.35. The normalized spacial score (nSPS) is 13.8. The molecule has 1 aromatic heterocycles. The van der Waals surface area contributed by atoms with Crippen LogP contribution in [0.4, 0.5) is 22.7 Å². The number of para-hydroxylation sites is 1. The molecule has 5 aromatic rings. The second-order valence-corrected chi connectivity index (χ2v) is 10.1. The van der Waals surface area contributed by atoms with E-state index in [1.807, 2.05) is 60.8 Å². The minimum absolute atomic E-state index is 0.0865. The SMILES string of the molecule is O=C(c1ccc(NC(=O)c2cccc3cc[nH]c23)cc1)c1ccc(Nc2ccc(N3CCC(O)CC3)cc2)cc1. The topological polar surface area (TPSA) is 97.5 Å². The zero-order valence-electron chi connectivity index (χ0n) is 21.9. The van der Waals surface area contributed by atoms with E-state index < -0.39 is 0 Å². The average molecular weight is 531 g/mol. The number of fused-ring (bicyclic) bond motifs is 1. The first-order chi connectivity index (χ1) is 19.5. The maximum absolute atomic E-state index is 13.1. The van der Waals surface area contributed by atoms with Crippen molar-refractivity contribution in [1.29, 1.82) is 0 Å². The van der Waals surface area contributed by atoms with Crippen LogP contribution in [0.25, 0.3) is 10.9 Å². The van der Waals surface area contributed by atoms with Crippen LogP contribution in [0.5, 0.6) is 0 Å². The van der Waals surface area contributed by atoms with Crippen molar-refractivity contribution in [2.24, 2.45) is 0 Å². The number of nitrogens with zero attached hydrogens (tertiary/aromatic N) is 1. The molecule has 0 unspecified atom stereocenters. The molecule has 0 bridgehead atoms. The third-order valence-corrected chi connectivity index (χ3v) is 7.37. The molecule has 200 valence electrons.